The van der Waals surface area contributed by atoms with Gasteiger partial charge in [0.1, 0.15) is 6.04 Å². The number of hydrogen-bond acceptors (Lipinski definition) is 5. The predicted molar refractivity (Wildman–Crippen MR) is 123 cm³/mol. The molecule has 1 aliphatic heterocycles. The lowest BCUT2D eigenvalue weighted by molar-refractivity contribution is -0.130. The van der Waals surface area contributed by atoms with E-state index >= 15 is 0 Å². The van der Waals surface area contributed by atoms with Crippen molar-refractivity contribution in [2.45, 2.75) is 18.9 Å². The summed E-state index contributed by atoms with van der Waals surface area (Å²) >= 11 is 0. The number of nitrogens with one attached hydrogen (secondary N) is 3. The molecule has 0 aliphatic carbocycles. The molecule has 3 rings (SSSR count). The summed E-state index contributed by atoms with van der Waals surface area (Å²) in [4.78, 5) is 20.3. The summed E-state index contributed by atoms with van der Waals surface area (Å²) in [7, 11) is 0. The van der Waals surface area contributed by atoms with Gasteiger partial charge in [-0.05, 0) is 30.5 Å². The average Bonchev–Trinajstić information content (AvgIpc) is 3.27. The average molecular weight is 426 g/mol. The fourth-order valence-corrected chi connectivity index (χ4v) is 3.33. The zero-order valence-electron chi connectivity index (χ0n) is 17.6. The van der Waals surface area contributed by atoms with Crippen LogP contribution in [-0.4, -0.2) is 60.7 Å². The SMILES string of the molecule is C=C(N[C@@H](CCCN=C(N)N)C(=O)NN1CCOCC1)c1ccc(-c2ccccc2)[nH]1. The zero-order valence-corrected chi connectivity index (χ0v) is 17.6. The molecule has 0 saturated carbocycles. The van der Waals surface area contributed by atoms with Crippen molar-refractivity contribution in [3.8, 4) is 11.3 Å². The van der Waals surface area contributed by atoms with E-state index in [1.165, 1.54) is 0 Å². The monoisotopic (exact) mass is 425 g/mol. The van der Waals surface area contributed by atoms with Crippen LogP contribution in [-0.2, 0) is 9.53 Å². The molecular weight excluding hydrogens is 394 g/mol. The third kappa shape index (κ3) is 6.87. The summed E-state index contributed by atoms with van der Waals surface area (Å²) in [5, 5.41) is 5.15. The Bertz CT molecular complexity index is 884. The standard InChI is InChI=1S/C22H31N7O2/c1-16(18-9-10-19(27-18)17-6-3-2-4-7-17)26-20(8-5-11-25-22(23)24)21(30)28-29-12-14-31-15-13-29/h2-4,6-7,9-10,20,26-27H,1,5,8,11-15H2,(H,28,30)(H4,23,24,25)/t20-/m0/s1. The second-order valence-corrected chi connectivity index (χ2v) is 7.35. The maximum absolute atomic E-state index is 12.9. The lowest BCUT2D eigenvalue weighted by Gasteiger charge is -2.29. The highest BCUT2D eigenvalue weighted by Gasteiger charge is 2.22. The number of aromatic amines is 1. The van der Waals surface area contributed by atoms with E-state index in [9.17, 15) is 4.79 Å². The number of H-pyrrole nitrogens is 1. The van der Waals surface area contributed by atoms with Gasteiger partial charge in [-0.3, -0.25) is 15.2 Å². The molecule has 1 aromatic heterocycles. The number of rotatable bonds is 10. The Balaban J connectivity index is 1.64. The van der Waals surface area contributed by atoms with Crippen molar-refractivity contribution in [3.63, 3.8) is 0 Å². The molecule has 2 aromatic rings. The number of amides is 1. The van der Waals surface area contributed by atoms with Crippen LogP contribution in [0.25, 0.3) is 17.0 Å². The van der Waals surface area contributed by atoms with Crippen LogP contribution in [0, 0.1) is 0 Å². The number of aromatic nitrogens is 1. The van der Waals surface area contributed by atoms with Crippen LogP contribution in [0.4, 0.5) is 0 Å². The summed E-state index contributed by atoms with van der Waals surface area (Å²) in [5.41, 5.74) is 17.3. The van der Waals surface area contributed by atoms with Gasteiger partial charge in [0.05, 0.1) is 24.6 Å². The summed E-state index contributed by atoms with van der Waals surface area (Å²) in [6.45, 7) is 7.10. The first-order valence-corrected chi connectivity index (χ1v) is 10.4. The van der Waals surface area contributed by atoms with Crippen LogP contribution in [0.1, 0.15) is 18.5 Å². The summed E-state index contributed by atoms with van der Waals surface area (Å²) in [6, 6.07) is 13.5. The van der Waals surface area contributed by atoms with Crippen LogP contribution < -0.4 is 22.2 Å². The molecule has 0 bridgehead atoms. The molecule has 1 atom stereocenters. The molecule has 1 amide bonds. The Hall–Kier alpha value is -3.30. The van der Waals surface area contributed by atoms with Crippen molar-refractivity contribution in [3.05, 3.63) is 54.7 Å². The maximum Gasteiger partial charge on any atom is 0.256 e. The number of guanidine groups is 1. The Morgan fingerprint density at radius 1 is 1.19 bits per heavy atom. The van der Waals surface area contributed by atoms with Gasteiger partial charge in [0, 0.05) is 25.3 Å². The van der Waals surface area contributed by atoms with Gasteiger partial charge in [0.25, 0.3) is 5.91 Å². The number of ether oxygens (including phenoxy) is 1. The second kappa shape index (κ2) is 11.2. The minimum atomic E-state index is -0.479. The smallest absolute Gasteiger partial charge is 0.256 e. The fourth-order valence-electron chi connectivity index (χ4n) is 3.33. The summed E-state index contributed by atoms with van der Waals surface area (Å²) < 4.78 is 5.34. The number of carbonyl (C=O) groups excluding carboxylic acids is 1. The lowest BCUT2D eigenvalue weighted by atomic mass is 10.1. The van der Waals surface area contributed by atoms with Crippen LogP contribution >= 0.6 is 0 Å². The zero-order chi connectivity index (χ0) is 22.1. The van der Waals surface area contributed by atoms with E-state index in [4.69, 9.17) is 16.2 Å². The minimum Gasteiger partial charge on any atom is -0.379 e. The van der Waals surface area contributed by atoms with Gasteiger partial charge in [0.15, 0.2) is 5.96 Å². The number of hydrazine groups is 1. The van der Waals surface area contributed by atoms with E-state index in [1.54, 1.807) is 0 Å². The fraction of sp³-hybridized carbons (Fsp3) is 0.364. The molecule has 1 aliphatic rings. The Morgan fingerprint density at radius 3 is 2.65 bits per heavy atom. The second-order valence-electron chi connectivity index (χ2n) is 7.35. The molecule has 1 saturated heterocycles. The van der Waals surface area contributed by atoms with E-state index < -0.39 is 6.04 Å². The first kappa shape index (κ1) is 22.4. The molecule has 0 spiro atoms. The number of carbonyl (C=O) groups is 1. The van der Waals surface area contributed by atoms with Gasteiger partial charge < -0.3 is 26.5 Å². The van der Waals surface area contributed by atoms with E-state index in [-0.39, 0.29) is 11.9 Å². The van der Waals surface area contributed by atoms with Crippen molar-refractivity contribution in [1.29, 1.82) is 0 Å². The number of morpholine rings is 1. The molecule has 0 radical (unpaired) electrons. The molecule has 31 heavy (non-hydrogen) atoms. The van der Waals surface area contributed by atoms with Gasteiger partial charge >= 0.3 is 0 Å². The molecule has 0 unspecified atom stereocenters. The first-order valence-electron chi connectivity index (χ1n) is 10.4. The van der Waals surface area contributed by atoms with Crippen LogP contribution in [0.2, 0.25) is 0 Å². The highest BCUT2D eigenvalue weighted by Crippen LogP contribution is 2.20. The minimum absolute atomic E-state index is 0.0477. The number of nitrogens with two attached hydrogens (primary N) is 2. The largest absolute Gasteiger partial charge is 0.379 e. The Labute approximate surface area is 182 Å². The van der Waals surface area contributed by atoms with E-state index in [0.717, 1.165) is 17.0 Å². The number of nitrogens with zero attached hydrogens (tertiary/aromatic N) is 2. The first-order chi connectivity index (χ1) is 15.0. The van der Waals surface area contributed by atoms with Crippen molar-refractivity contribution >= 4 is 17.6 Å². The summed E-state index contributed by atoms with van der Waals surface area (Å²) in [6.07, 6.45) is 1.21. The van der Waals surface area contributed by atoms with E-state index in [0.29, 0.717) is 51.4 Å². The maximum atomic E-state index is 12.9. The van der Waals surface area contributed by atoms with Gasteiger partial charge in [-0.15, -0.1) is 0 Å². The van der Waals surface area contributed by atoms with Gasteiger partial charge in [-0.1, -0.05) is 36.9 Å². The number of benzene rings is 1. The van der Waals surface area contributed by atoms with Gasteiger partial charge in [-0.25, -0.2) is 5.01 Å². The quantitative estimate of drug-likeness (QED) is 0.219. The lowest BCUT2D eigenvalue weighted by Crippen LogP contribution is -2.54. The summed E-state index contributed by atoms with van der Waals surface area (Å²) in [5.74, 6) is -0.0749. The topological polar surface area (TPSA) is 134 Å². The third-order valence-electron chi connectivity index (χ3n) is 4.99. The molecule has 1 aromatic carbocycles. The molecular formula is C22H31N7O2. The molecule has 9 heteroatoms. The van der Waals surface area contributed by atoms with Gasteiger partial charge in [0.2, 0.25) is 0 Å². The molecule has 1 fully saturated rings. The van der Waals surface area contributed by atoms with Crippen molar-refractivity contribution in [2.24, 2.45) is 16.5 Å². The molecule has 2 heterocycles. The highest BCUT2D eigenvalue weighted by atomic mass is 16.5. The van der Waals surface area contributed by atoms with E-state index in [1.807, 2.05) is 47.5 Å². The Morgan fingerprint density at radius 2 is 1.94 bits per heavy atom. The van der Waals surface area contributed by atoms with Crippen LogP contribution in [0.5, 0.6) is 0 Å². The normalized spacial score (nSPS) is 15.1. The predicted octanol–water partition coefficient (Wildman–Crippen LogP) is 1.03. The van der Waals surface area contributed by atoms with Crippen molar-refractivity contribution in [1.82, 2.24) is 20.7 Å². The molecule has 7 N–H and O–H groups in total. The third-order valence-corrected chi connectivity index (χ3v) is 4.99. The van der Waals surface area contributed by atoms with Gasteiger partial charge in [-0.2, -0.15) is 0 Å². The van der Waals surface area contributed by atoms with Crippen molar-refractivity contribution in [2.75, 3.05) is 32.8 Å². The van der Waals surface area contributed by atoms with E-state index in [2.05, 4.69) is 27.3 Å². The number of hydrogen-bond donors (Lipinski definition) is 5. The van der Waals surface area contributed by atoms with Crippen molar-refractivity contribution < 1.29 is 9.53 Å². The van der Waals surface area contributed by atoms with Crippen LogP contribution in [0.3, 0.4) is 0 Å². The number of aliphatic imine (C=N–C) groups is 1. The molecule has 166 valence electrons. The highest BCUT2D eigenvalue weighted by molar-refractivity contribution is 5.83. The Kier molecular flexibility index (Phi) is 8.08. The molecule has 9 nitrogen and oxygen atoms in total. The van der Waals surface area contributed by atoms with Crippen LogP contribution in [0.15, 0.2) is 54.0 Å².